The lowest BCUT2D eigenvalue weighted by Crippen LogP contribution is -2.15. The van der Waals surface area contributed by atoms with Crippen LogP contribution < -0.4 is 5.32 Å². The molecule has 2 rings (SSSR count). The Morgan fingerprint density at radius 2 is 2.18 bits per heavy atom. The molecule has 0 saturated carbocycles. The Morgan fingerprint density at radius 3 is 2.88 bits per heavy atom. The van der Waals surface area contributed by atoms with Gasteiger partial charge >= 0.3 is 0 Å². The number of thiophene rings is 1. The largest absolute Gasteiger partial charge is 0.312 e. The van der Waals surface area contributed by atoms with Crippen molar-refractivity contribution in [2.45, 2.75) is 19.9 Å². The number of benzene rings is 1. The van der Waals surface area contributed by atoms with E-state index in [2.05, 4.69) is 36.5 Å². The van der Waals surface area contributed by atoms with Gasteiger partial charge in [0.15, 0.2) is 0 Å². The summed E-state index contributed by atoms with van der Waals surface area (Å²) >= 11 is 7.57. The van der Waals surface area contributed by atoms with Gasteiger partial charge in [0, 0.05) is 16.8 Å². The molecule has 0 unspecified atom stereocenters. The van der Waals surface area contributed by atoms with Crippen LogP contribution in [-0.2, 0) is 13.0 Å². The van der Waals surface area contributed by atoms with Crippen LogP contribution in [0.3, 0.4) is 0 Å². The molecule has 1 nitrogen and oxygen atoms in total. The summed E-state index contributed by atoms with van der Waals surface area (Å²) < 4.78 is 0. The zero-order valence-corrected chi connectivity index (χ0v) is 11.4. The van der Waals surface area contributed by atoms with Crippen LogP contribution >= 0.6 is 22.9 Å². The summed E-state index contributed by atoms with van der Waals surface area (Å²) in [6, 6.07) is 10.7. The molecule has 1 aromatic carbocycles. The molecule has 0 radical (unpaired) electrons. The highest BCUT2D eigenvalue weighted by Gasteiger charge is 1.97. The van der Waals surface area contributed by atoms with Gasteiger partial charge in [-0.3, -0.25) is 0 Å². The number of aryl methyl sites for hydroxylation is 1. The molecule has 2 aromatic rings. The third kappa shape index (κ3) is 4.15. The summed E-state index contributed by atoms with van der Waals surface area (Å²) in [6.45, 7) is 4.03. The van der Waals surface area contributed by atoms with Crippen molar-refractivity contribution >= 4 is 22.9 Å². The maximum absolute atomic E-state index is 5.87. The molecule has 0 fully saturated rings. The first-order valence-electron chi connectivity index (χ1n) is 5.73. The van der Waals surface area contributed by atoms with E-state index in [1.165, 1.54) is 16.0 Å². The first kappa shape index (κ1) is 12.6. The van der Waals surface area contributed by atoms with E-state index >= 15 is 0 Å². The molecule has 0 aliphatic carbocycles. The van der Waals surface area contributed by atoms with Crippen LogP contribution in [0.2, 0.25) is 5.02 Å². The third-order valence-corrected chi connectivity index (χ3v) is 3.88. The molecule has 3 heteroatoms. The minimum absolute atomic E-state index is 0.838. The summed E-state index contributed by atoms with van der Waals surface area (Å²) in [5.74, 6) is 0. The predicted molar refractivity (Wildman–Crippen MR) is 75.9 cm³/mol. The first-order chi connectivity index (χ1) is 8.24. The average molecular weight is 266 g/mol. The monoisotopic (exact) mass is 265 g/mol. The molecule has 1 heterocycles. The van der Waals surface area contributed by atoms with E-state index in [0.717, 1.165) is 24.5 Å². The molecule has 0 bridgehead atoms. The quantitative estimate of drug-likeness (QED) is 0.805. The molecule has 0 amide bonds. The highest BCUT2D eigenvalue weighted by Crippen LogP contribution is 2.18. The SMILES string of the molecule is Cc1cccc(CCNCc2cc(Cl)cs2)c1. The second kappa shape index (κ2) is 6.20. The summed E-state index contributed by atoms with van der Waals surface area (Å²) in [4.78, 5) is 1.29. The zero-order chi connectivity index (χ0) is 12.1. The Hall–Kier alpha value is -0.830. The lowest BCUT2D eigenvalue weighted by molar-refractivity contribution is 0.693. The van der Waals surface area contributed by atoms with Crippen LogP contribution in [0.15, 0.2) is 35.7 Å². The maximum atomic E-state index is 5.87. The minimum Gasteiger partial charge on any atom is -0.312 e. The second-order valence-corrected chi connectivity index (χ2v) is 5.58. The van der Waals surface area contributed by atoms with Gasteiger partial charge in [-0.2, -0.15) is 0 Å². The van der Waals surface area contributed by atoms with E-state index in [4.69, 9.17) is 11.6 Å². The van der Waals surface area contributed by atoms with Gasteiger partial charge in [-0.05, 0) is 31.5 Å². The highest BCUT2D eigenvalue weighted by atomic mass is 35.5. The number of nitrogens with one attached hydrogen (secondary N) is 1. The lowest BCUT2D eigenvalue weighted by Gasteiger charge is -2.04. The fourth-order valence-electron chi connectivity index (χ4n) is 1.76. The number of hydrogen-bond acceptors (Lipinski definition) is 2. The van der Waals surface area contributed by atoms with Gasteiger partial charge in [0.2, 0.25) is 0 Å². The van der Waals surface area contributed by atoms with Crippen LogP contribution in [-0.4, -0.2) is 6.54 Å². The van der Waals surface area contributed by atoms with Crippen molar-refractivity contribution in [3.05, 3.63) is 56.7 Å². The van der Waals surface area contributed by atoms with Gasteiger partial charge in [0.25, 0.3) is 0 Å². The van der Waals surface area contributed by atoms with E-state index in [1.807, 2.05) is 11.4 Å². The first-order valence-corrected chi connectivity index (χ1v) is 6.99. The van der Waals surface area contributed by atoms with E-state index in [9.17, 15) is 0 Å². The molecule has 0 spiro atoms. The summed E-state index contributed by atoms with van der Waals surface area (Å²) in [7, 11) is 0. The number of hydrogen-bond donors (Lipinski definition) is 1. The Kier molecular flexibility index (Phi) is 4.60. The molecular weight excluding hydrogens is 250 g/mol. The van der Waals surface area contributed by atoms with E-state index in [1.54, 1.807) is 11.3 Å². The zero-order valence-electron chi connectivity index (χ0n) is 9.87. The summed E-state index contributed by atoms with van der Waals surface area (Å²) in [5, 5.41) is 6.24. The summed E-state index contributed by atoms with van der Waals surface area (Å²) in [6.07, 6.45) is 1.07. The number of rotatable bonds is 5. The van der Waals surface area contributed by atoms with Crippen molar-refractivity contribution in [3.8, 4) is 0 Å². The van der Waals surface area contributed by atoms with Crippen molar-refractivity contribution in [1.29, 1.82) is 0 Å². The fourth-order valence-corrected chi connectivity index (χ4v) is 2.80. The van der Waals surface area contributed by atoms with Crippen LogP contribution in [0, 0.1) is 6.92 Å². The van der Waals surface area contributed by atoms with Gasteiger partial charge in [-0.15, -0.1) is 11.3 Å². The topological polar surface area (TPSA) is 12.0 Å². The molecule has 90 valence electrons. The van der Waals surface area contributed by atoms with Crippen molar-refractivity contribution in [2.75, 3.05) is 6.54 Å². The van der Waals surface area contributed by atoms with E-state index in [-0.39, 0.29) is 0 Å². The van der Waals surface area contributed by atoms with Crippen LogP contribution in [0.5, 0.6) is 0 Å². The maximum Gasteiger partial charge on any atom is 0.0516 e. The Balaban J connectivity index is 1.73. The van der Waals surface area contributed by atoms with Crippen molar-refractivity contribution < 1.29 is 0 Å². The molecule has 0 saturated heterocycles. The highest BCUT2D eigenvalue weighted by molar-refractivity contribution is 7.10. The molecule has 0 aliphatic heterocycles. The van der Waals surface area contributed by atoms with Gasteiger partial charge in [-0.25, -0.2) is 0 Å². The minimum atomic E-state index is 0.838. The van der Waals surface area contributed by atoms with Gasteiger partial charge in [-0.1, -0.05) is 41.4 Å². The van der Waals surface area contributed by atoms with Gasteiger partial charge < -0.3 is 5.32 Å². The number of halogens is 1. The van der Waals surface area contributed by atoms with Crippen LogP contribution in [0.4, 0.5) is 0 Å². The molecule has 1 N–H and O–H groups in total. The normalized spacial score (nSPS) is 10.7. The molecule has 0 aliphatic rings. The van der Waals surface area contributed by atoms with Gasteiger partial charge in [0.05, 0.1) is 5.02 Å². The summed E-state index contributed by atoms with van der Waals surface area (Å²) in [5.41, 5.74) is 2.72. The van der Waals surface area contributed by atoms with Crippen LogP contribution in [0.1, 0.15) is 16.0 Å². The second-order valence-electron chi connectivity index (χ2n) is 4.15. The fraction of sp³-hybridized carbons (Fsp3) is 0.286. The van der Waals surface area contributed by atoms with Crippen molar-refractivity contribution in [1.82, 2.24) is 5.32 Å². The Morgan fingerprint density at radius 1 is 1.29 bits per heavy atom. The van der Waals surface area contributed by atoms with E-state index in [0.29, 0.717) is 0 Å². The van der Waals surface area contributed by atoms with Gasteiger partial charge in [0.1, 0.15) is 0 Å². The Labute approximate surface area is 111 Å². The standard InChI is InChI=1S/C14H16ClNS/c1-11-3-2-4-12(7-11)5-6-16-9-14-8-13(15)10-17-14/h2-4,7-8,10,16H,5-6,9H2,1H3. The average Bonchev–Trinajstić information content (AvgIpc) is 2.71. The van der Waals surface area contributed by atoms with Crippen molar-refractivity contribution in [3.63, 3.8) is 0 Å². The molecule has 0 atom stereocenters. The Bertz CT molecular complexity index is 479. The van der Waals surface area contributed by atoms with E-state index < -0.39 is 0 Å². The molecule has 17 heavy (non-hydrogen) atoms. The predicted octanol–water partition coefficient (Wildman–Crippen LogP) is 4.04. The van der Waals surface area contributed by atoms with Crippen molar-refractivity contribution in [2.24, 2.45) is 0 Å². The molecule has 1 aromatic heterocycles. The van der Waals surface area contributed by atoms with Crippen LogP contribution in [0.25, 0.3) is 0 Å². The lowest BCUT2D eigenvalue weighted by atomic mass is 10.1. The molecular formula is C14H16ClNS. The third-order valence-electron chi connectivity index (χ3n) is 2.59. The smallest absolute Gasteiger partial charge is 0.0516 e.